The number of aromatic nitrogens is 2. The van der Waals surface area contributed by atoms with Crippen LogP contribution in [-0.2, 0) is 6.42 Å². The molecular formula is C19H18N2O2. The number of para-hydroxylation sites is 1. The molecule has 0 spiro atoms. The quantitative estimate of drug-likeness (QED) is 0.696. The minimum atomic E-state index is 0.531. The highest BCUT2D eigenvalue weighted by Crippen LogP contribution is 2.36. The normalized spacial score (nSPS) is 10.3. The molecule has 3 aromatic rings. The van der Waals surface area contributed by atoms with Crippen molar-refractivity contribution >= 4 is 0 Å². The van der Waals surface area contributed by atoms with E-state index in [0.29, 0.717) is 11.6 Å². The number of methoxy groups -OCH3 is 1. The predicted octanol–water partition coefficient (Wildman–Crippen LogP) is 4.51. The van der Waals surface area contributed by atoms with Gasteiger partial charge in [0.05, 0.1) is 13.3 Å². The molecule has 4 nitrogen and oxygen atoms in total. The summed E-state index contributed by atoms with van der Waals surface area (Å²) in [5.41, 5.74) is 2.85. The molecule has 116 valence electrons. The van der Waals surface area contributed by atoms with Crippen molar-refractivity contribution in [3.8, 4) is 28.5 Å². The van der Waals surface area contributed by atoms with E-state index in [1.807, 2.05) is 48.5 Å². The van der Waals surface area contributed by atoms with Crippen LogP contribution in [0.15, 0.2) is 60.9 Å². The van der Waals surface area contributed by atoms with Gasteiger partial charge in [0.1, 0.15) is 11.5 Å². The summed E-state index contributed by atoms with van der Waals surface area (Å²) in [5, 5.41) is 0. The van der Waals surface area contributed by atoms with Gasteiger partial charge in [-0.25, -0.2) is 4.98 Å². The van der Waals surface area contributed by atoms with Crippen molar-refractivity contribution in [3.63, 3.8) is 0 Å². The van der Waals surface area contributed by atoms with Crippen LogP contribution in [-0.4, -0.2) is 17.1 Å². The molecule has 4 heteroatoms. The van der Waals surface area contributed by atoms with E-state index in [0.717, 1.165) is 29.0 Å². The van der Waals surface area contributed by atoms with E-state index in [1.165, 1.54) is 0 Å². The van der Waals surface area contributed by atoms with Gasteiger partial charge in [0.15, 0.2) is 0 Å². The Balaban J connectivity index is 1.97. The van der Waals surface area contributed by atoms with E-state index < -0.39 is 0 Å². The highest BCUT2D eigenvalue weighted by Gasteiger charge is 2.12. The standard InChI is InChI=1S/C19H18N2O2/c1-3-14-10-11-15(13-21-14)23-19-17(8-6-12-20-19)16-7-4-5-9-18(16)22-2/h4-13H,3H2,1-2H3. The molecule has 0 N–H and O–H groups in total. The Morgan fingerprint density at radius 3 is 2.48 bits per heavy atom. The van der Waals surface area contributed by atoms with Gasteiger partial charge < -0.3 is 9.47 Å². The summed E-state index contributed by atoms with van der Waals surface area (Å²) >= 11 is 0. The van der Waals surface area contributed by atoms with E-state index in [9.17, 15) is 0 Å². The van der Waals surface area contributed by atoms with E-state index in [-0.39, 0.29) is 0 Å². The molecule has 0 bridgehead atoms. The average molecular weight is 306 g/mol. The van der Waals surface area contributed by atoms with Gasteiger partial charge in [-0.3, -0.25) is 4.98 Å². The number of ether oxygens (including phenoxy) is 2. The van der Waals surface area contributed by atoms with E-state index in [1.54, 1.807) is 19.5 Å². The van der Waals surface area contributed by atoms with Gasteiger partial charge in [-0.1, -0.05) is 25.1 Å². The summed E-state index contributed by atoms with van der Waals surface area (Å²) in [4.78, 5) is 8.71. The molecule has 23 heavy (non-hydrogen) atoms. The number of rotatable bonds is 5. The summed E-state index contributed by atoms with van der Waals surface area (Å²) in [6, 6.07) is 15.5. The SMILES string of the molecule is CCc1ccc(Oc2ncccc2-c2ccccc2OC)cn1. The molecule has 0 aliphatic heterocycles. The third-order valence-corrected chi connectivity index (χ3v) is 3.54. The molecule has 0 saturated heterocycles. The summed E-state index contributed by atoms with van der Waals surface area (Å²) < 4.78 is 11.4. The lowest BCUT2D eigenvalue weighted by atomic mass is 10.1. The lowest BCUT2D eigenvalue weighted by Crippen LogP contribution is -1.94. The third-order valence-electron chi connectivity index (χ3n) is 3.54. The van der Waals surface area contributed by atoms with Gasteiger partial charge in [0.2, 0.25) is 5.88 Å². The zero-order valence-electron chi connectivity index (χ0n) is 13.2. The van der Waals surface area contributed by atoms with Crippen LogP contribution in [0, 0.1) is 0 Å². The minimum absolute atomic E-state index is 0.531. The Morgan fingerprint density at radius 1 is 0.913 bits per heavy atom. The molecule has 0 saturated carbocycles. The van der Waals surface area contributed by atoms with Crippen LogP contribution >= 0.6 is 0 Å². The van der Waals surface area contributed by atoms with Gasteiger partial charge in [0, 0.05) is 23.0 Å². The van der Waals surface area contributed by atoms with Crippen LogP contribution in [0.25, 0.3) is 11.1 Å². The highest BCUT2D eigenvalue weighted by molar-refractivity contribution is 5.74. The fourth-order valence-electron chi connectivity index (χ4n) is 2.34. The smallest absolute Gasteiger partial charge is 0.227 e. The Kier molecular flexibility index (Phi) is 4.52. The highest BCUT2D eigenvalue weighted by atomic mass is 16.5. The number of pyridine rings is 2. The molecule has 0 amide bonds. The van der Waals surface area contributed by atoms with Crippen molar-refractivity contribution in [1.29, 1.82) is 0 Å². The first-order valence-corrected chi connectivity index (χ1v) is 7.53. The van der Waals surface area contributed by atoms with Crippen LogP contribution in [0.4, 0.5) is 0 Å². The Bertz CT molecular complexity index is 785. The minimum Gasteiger partial charge on any atom is -0.496 e. The van der Waals surface area contributed by atoms with E-state index in [4.69, 9.17) is 9.47 Å². The molecule has 0 aliphatic rings. The van der Waals surface area contributed by atoms with Crippen molar-refractivity contribution in [2.75, 3.05) is 7.11 Å². The molecule has 0 aliphatic carbocycles. The second kappa shape index (κ2) is 6.92. The van der Waals surface area contributed by atoms with Crippen LogP contribution in [0.1, 0.15) is 12.6 Å². The molecule has 0 unspecified atom stereocenters. The van der Waals surface area contributed by atoms with Gasteiger partial charge >= 0.3 is 0 Å². The predicted molar refractivity (Wildman–Crippen MR) is 89.9 cm³/mol. The van der Waals surface area contributed by atoms with Crippen molar-refractivity contribution in [2.24, 2.45) is 0 Å². The third kappa shape index (κ3) is 3.31. The zero-order valence-corrected chi connectivity index (χ0v) is 13.2. The van der Waals surface area contributed by atoms with Gasteiger partial charge in [-0.2, -0.15) is 0 Å². The fraction of sp³-hybridized carbons (Fsp3) is 0.158. The maximum atomic E-state index is 5.93. The van der Waals surface area contributed by atoms with Crippen molar-refractivity contribution in [2.45, 2.75) is 13.3 Å². The molecule has 0 fully saturated rings. The first kappa shape index (κ1) is 15.0. The van der Waals surface area contributed by atoms with Crippen LogP contribution in [0.2, 0.25) is 0 Å². The van der Waals surface area contributed by atoms with Crippen LogP contribution in [0.5, 0.6) is 17.4 Å². The summed E-state index contributed by atoms with van der Waals surface area (Å²) in [5.74, 6) is 1.98. The Labute approximate surface area is 135 Å². The van der Waals surface area contributed by atoms with Gasteiger partial charge in [-0.05, 0) is 36.8 Å². The number of nitrogens with zero attached hydrogens (tertiary/aromatic N) is 2. The molecular weight excluding hydrogens is 288 g/mol. The summed E-state index contributed by atoms with van der Waals surface area (Å²) in [6.07, 6.45) is 4.33. The average Bonchev–Trinajstić information content (AvgIpc) is 2.63. The van der Waals surface area contributed by atoms with Gasteiger partial charge in [0.25, 0.3) is 0 Å². The fourth-order valence-corrected chi connectivity index (χ4v) is 2.34. The van der Waals surface area contributed by atoms with Crippen molar-refractivity contribution in [3.05, 3.63) is 66.6 Å². The largest absolute Gasteiger partial charge is 0.496 e. The number of hydrogen-bond donors (Lipinski definition) is 0. The molecule has 0 radical (unpaired) electrons. The molecule has 1 aromatic carbocycles. The van der Waals surface area contributed by atoms with Crippen LogP contribution in [0.3, 0.4) is 0 Å². The van der Waals surface area contributed by atoms with Crippen molar-refractivity contribution in [1.82, 2.24) is 9.97 Å². The lowest BCUT2D eigenvalue weighted by Gasteiger charge is -2.12. The topological polar surface area (TPSA) is 44.2 Å². The number of aryl methyl sites for hydroxylation is 1. The maximum Gasteiger partial charge on any atom is 0.227 e. The number of benzene rings is 1. The second-order valence-corrected chi connectivity index (χ2v) is 5.00. The maximum absolute atomic E-state index is 5.93. The first-order chi connectivity index (χ1) is 11.3. The molecule has 3 rings (SSSR count). The van der Waals surface area contributed by atoms with E-state index in [2.05, 4.69) is 16.9 Å². The zero-order chi connectivity index (χ0) is 16.1. The van der Waals surface area contributed by atoms with Crippen molar-refractivity contribution < 1.29 is 9.47 Å². The van der Waals surface area contributed by atoms with E-state index >= 15 is 0 Å². The second-order valence-electron chi connectivity index (χ2n) is 5.00. The molecule has 2 aromatic heterocycles. The molecule has 2 heterocycles. The first-order valence-electron chi connectivity index (χ1n) is 7.53. The monoisotopic (exact) mass is 306 g/mol. The number of hydrogen-bond acceptors (Lipinski definition) is 4. The van der Waals surface area contributed by atoms with Gasteiger partial charge in [-0.15, -0.1) is 0 Å². The Hall–Kier alpha value is -2.88. The molecule has 0 atom stereocenters. The Morgan fingerprint density at radius 2 is 1.74 bits per heavy atom. The summed E-state index contributed by atoms with van der Waals surface area (Å²) in [7, 11) is 1.66. The van der Waals surface area contributed by atoms with Crippen LogP contribution < -0.4 is 9.47 Å². The summed E-state index contributed by atoms with van der Waals surface area (Å²) in [6.45, 7) is 2.07. The lowest BCUT2D eigenvalue weighted by molar-refractivity contribution is 0.415.